The van der Waals surface area contributed by atoms with Gasteiger partial charge in [-0.05, 0) is 74.8 Å². The van der Waals surface area contributed by atoms with Crippen LogP contribution in [0.5, 0.6) is 11.5 Å². The molecule has 10 heteroatoms. The number of aromatic hydroxyl groups is 1. The Hall–Kier alpha value is -4.59. The van der Waals surface area contributed by atoms with E-state index >= 15 is 0 Å². The van der Waals surface area contributed by atoms with Crippen molar-refractivity contribution in [3.8, 4) is 23.3 Å². The van der Waals surface area contributed by atoms with Gasteiger partial charge in [0.1, 0.15) is 28.6 Å². The largest absolute Gasteiger partial charge is 0.508 e. The summed E-state index contributed by atoms with van der Waals surface area (Å²) in [5, 5.41) is 44.6. The molecule has 0 spiro atoms. The Kier molecular flexibility index (Phi) is 6.45. The van der Waals surface area contributed by atoms with Crippen molar-refractivity contribution in [1.82, 2.24) is 4.90 Å². The summed E-state index contributed by atoms with van der Waals surface area (Å²) in [7, 11) is 4.67. The number of ketones is 2. The lowest BCUT2D eigenvalue weighted by Gasteiger charge is -2.50. The number of carbonyl (C=O) groups is 3. The van der Waals surface area contributed by atoms with Gasteiger partial charge in [-0.25, -0.2) is 0 Å². The monoisotopic (exact) mass is 544 g/mol. The van der Waals surface area contributed by atoms with Crippen molar-refractivity contribution in [2.45, 2.75) is 24.5 Å². The van der Waals surface area contributed by atoms with Crippen molar-refractivity contribution in [2.24, 2.45) is 17.6 Å². The smallest absolute Gasteiger partial charge is 0.255 e. The number of amides is 1. The molecule has 0 aromatic heterocycles. The maximum absolute atomic E-state index is 13.9. The number of Topliss-reactive ketones (excluding diaryl/α,β-unsaturated/α-hetero) is 2. The third kappa shape index (κ3) is 3.86. The van der Waals surface area contributed by atoms with E-state index < -0.39 is 58.0 Å². The Morgan fingerprint density at radius 3 is 2.35 bits per heavy atom. The van der Waals surface area contributed by atoms with Gasteiger partial charge < -0.3 is 30.9 Å². The number of nitrogens with two attached hydrogens (primary N) is 1. The molecule has 0 heterocycles. The summed E-state index contributed by atoms with van der Waals surface area (Å²) in [6.45, 7) is 0. The summed E-state index contributed by atoms with van der Waals surface area (Å²) >= 11 is 0. The van der Waals surface area contributed by atoms with Gasteiger partial charge in [0, 0.05) is 22.6 Å². The van der Waals surface area contributed by atoms with Crippen LogP contribution in [0.2, 0.25) is 0 Å². The molecule has 0 radical (unpaired) electrons. The fraction of sp³-hybridized carbons (Fsp3) is 0.300. The molecule has 1 amide bonds. The van der Waals surface area contributed by atoms with Gasteiger partial charge in [-0.1, -0.05) is 11.8 Å². The number of carbonyl (C=O) groups excluding carboxylic acids is 3. The summed E-state index contributed by atoms with van der Waals surface area (Å²) in [6, 6.07) is 8.94. The highest BCUT2D eigenvalue weighted by Crippen LogP contribution is 2.52. The number of rotatable bonds is 3. The number of primary amides is 1. The van der Waals surface area contributed by atoms with E-state index in [1.54, 1.807) is 51.5 Å². The van der Waals surface area contributed by atoms with Crippen LogP contribution in [-0.4, -0.2) is 75.6 Å². The molecular formula is C30H28N2O8. The van der Waals surface area contributed by atoms with Crippen LogP contribution in [0.3, 0.4) is 0 Å². The molecule has 0 saturated heterocycles. The number of phenols is 1. The van der Waals surface area contributed by atoms with Gasteiger partial charge in [-0.2, -0.15) is 0 Å². The van der Waals surface area contributed by atoms with Crippen LogP contribution < -0.4 is 10.5 Å². The number of fused-ring (bicyclic) bond motifs is 3. The highest BCUT2D eigenvalue weighted by molar-refractivity contribution is 6.24. The molecule has 1 saturated carbocycles. The first-order valence-electron chi connectivity index (χ1n) is 12.6. The van der Waals surface area contributed by atoms with Gasteiger partial charge in [0.2, 0.25) is 5.78 Å². The van der Waals surface area contributed by atoms with Crippen LogP contribution >= 0.6 is 0 Å². The second kappa shape index (κ2) is 9.55. The predicted molar refractivity (Wildman–Crippen MR) is 143 cm³/mol. The van der Waals surface area contributed by atoms with Gasteiger partial charge in [0.05, 0.1) is 18.7 Å². The molecule has 10 nitrogen and oxygen atoms in total. The van der Waals surface area contributed by atoms with E-state index in [0.717, 1.165) is 0 Å². The summed E-state index contributed by atoms with van der Waals surface area (Å²) in [5.41, 5.74) is 3.35. The van der Waals surface area contributed by atoms with Gasteiger partial charge in [0.15, 0.2) is 11.4 Å². The Balaban J connectivity index is 1.66. The molecule has 1 fully saturated rings. The first-order valence-corrected chi connectivity index (χ1v) is 12.6. The molecule has 2 aromatic rings. The van der Waals surface area contributed by atoms with Gasteiger partial charge in [0.25, 0.3) is 5.91 Å². The molecule has 3 aliphatic rings. The van der Waals surface area contributed by atoms with Gasteiger partial charge in [-0.3, -0.25) is 19.3 Å². The minimum Gasteiger partial charge on any atom is -0.508 e. The number of likely N-dealkylation sites (N-methyl/N-ethyl adjacent to an activating group) is 1. The lowest BCUT2D eigenvalue weighted by atomic mass is 9.57. The normalized spacial score (nSPS) is 25.6. The van der Waals surface area contributed by atoms with Crippen LogP contribution in [0, 0.1) is 23.7 Å². The Morgan fingerprint density at radius 1 is 1.07 bits per heavy atom. The lowest BCUT2D eigenvalue weighted by Crippen LogP contribution is -2.65. The van der Waals surface area contributed by atoms with Crippen LogP contribution in [0.1, 0.15) is 28.7 Å². The number of nitrogens with zero attached hydrogens (tertiary/aromatic N) is 1. The SMILES string of the molecule is COc1ccc(C#Cc2ccc(O)c3c2C[C@H]2C[C@H]4[C@H](N(C)C)C(=O)C(C(N)=O)=C(O)[C@@]4(O)C(=O)C2=C3O)cc1. The standard InChI is InChI=1S/C30H28N2O8/c1-32(2)24-19-13-16-12-18-15(7-4-14-5-9-17(40-3)10-6-14)8-11-20(33)22(18)25(34)21(16)27(36)30(19,39)28(37)23(26(24)35)29(31)38/h5-6,8-11,16,19,24,33-34,37,39H,12-13H2,1-3H3,(H2,31,38)/t16-,19-,24-,30-/m0/s1. The summed E-state index contributed by atoms with van der Waals surface area (Å²) in [5.74, 6) is -0.106. The van der Waals surface area contributed by atoms with Crippen molar-refractivity contribution in [3.05, 3.63) is 75.6 Å². The van der Waals surface area contributed by atoms with Crippen molar-refractivity contribution < 1.29 is 39.5 Å². The Labute approximate surface area is 230 Å². The molecule has 206 valence electrons. The van der Waals surface area contributed by atoms with Crippen LogP contribution in [0.15, 0.2) is 53.3 Å². The first kappa shape index (κ1) is 27.0. The average Bonchev–Trinajstić information content (AvgIpc) is 2.90. The van der Waals surface area contributed by atoms with E-state index in [9.17, 15) is 34.8 Å². The van der Waals surface area contributed by atoms with Crippen LogP contribution in [0.4, 0.5) is 0 Å². The molecule has 0 unspecified atom stereocenters. The van der Waals surface area contributed by atoms with E-state index in [4.69, 9.17) is 10.5 Å². The number of benzene rings is 2. The average molecular weight is 545 g/mol. The number of methoxy groups -OCH3 is 1. The van der Waals surface area contributed by atoms with Gasteiger partial charge in [-0.15, -0.1) is 0 Å². The zero-order chi connectivity index (χ0) is 29.1. The molecule has 40 heavy (non-hydrogen) atoms. The summed E-state index contributed by atoms with van der Waals surface area (Å²) in [4.78, 5) is 40.6. The van der Waals surface area contributed by atoms with E-state index in [1.807, 2.05) is 0 Å². The second-order valence-electron chi connectivity index (χ2n) is 10.4. The Morgan fingerprint density at radius 2 is 1.75 bits per heavy atom. The fourth-order valence-electron chi connectivity index (χ4n) is 6.17. The molecule has 3 aliphatic carbocycles. The Bertz CT molecular complexity index is 1590. The first-order chi connectivity index (χ1) is 18.9. The second-order valence-corrected chi connectivity index (χ2v) is 10.4. The molecular weight excluding hydrogens is 516 g/mol. The van der Waals surface area contributed by atoms with E-state index in [0.29, 0.717) is 22.4 Å². The minimum atomic E-state index is -2.67. The van der Waals surface area contributed by atoms with Gasteiger partial charge >= 0.3 is 0 Å². The number of phenolic OH excluding ortho intramolecular Hbond substituents is 1. The zero-order valence-corrected chi connectivity index (χ0v) is 22.1. The fourth-order valence-corrected chi connectivity index (χ4v) is 6.17. The van der Waals surface area contributed by atoms with Crippen LogP contribution in [-0.2, 0) is 20.8 Å². The summed E-state index contributed by atoms with van der Waals surface area (Å²) < 4.78 is 5.17. The van der Waals surface area contributed by atoms with E-state index in [-0.39, 0.29) is 29.7 Å². The number of aliphatic hydroxyl groups excluding tert-OH is 2. The molecule has 6 N–H and O–H groups in total. The van der Waals surface area contributed by atoms with Crippen molar-refractivity contribution in [3.63, 3.8) is 0 Å². The minimum absolute atomic E-state index is 0.00202. The topological polar surface area (TPSA) is 171 Å². The number of hydrogen-bond donors (Lipinski definition) is 5. The molecule has 5 rings (SSSR count). The zero-order valence-electron chi connectivity index (χ0n) is 22.1. The maximum atomic E-state index is 13.9. The molecule has 0 bridgehead atoms. The lowest BCUT2D eigenvalue weighted by molar-refractivity contribution is -0.153. The van der Waals surface area contributed by atoms with Crippen molar-refractivity contribution in [2.75, 3.05) is 21.2 Å². The van der Waals surface area contributed by atoms with E-state index in [1.165, 1.54) is 11.0 Å². The third-order valence-electron chi connectivity index (χ3n) is 8.04. The summed E-state index contributed by atoms with van der Waals surface area (Å²) in [6.07, 6.45) is 0.169. The molecule has 0 aliphatic heterocycles. The van der Waals surface area contributed by atoms with Crippen LogP contribution in [0.25, 0.3) is 5.76 Å². The molecule has 2 aromatic carbocycles. The van der Waals surface area contributed by atoms with Crippen molar-refractivity contribution in [1.29, 1.82) is 0 Å². The van der Waals surface area contributed by atoms with Crippen molar-refractivity contribution >= 4 is 23.2 Å². The maximum Gasteiger partial charge on any atom is 0.255 e. The predicted octanol–water partition coefficient (Wildman–Crippen LogP) is 1.37. The highest BCUT2D eigenvalue weighted by atomic mass is 16.5. The highest BCUT2D eigenvalue weighted by Gasteiger charge is 2.64. The number of aliphatic hydroxyl groups is 3. The molecule has 4 atom stereocenters. The number of hydrogen-bond acceptors (Lipinski definition) is 9. The quantitative estimate of drug-likeness (QED) is 0.283. The third-order valence-corrected chi connectivity index (χ3v) is 8.04. The van der Waals surface area contributed by atoms with E-state index in [2.05, 4.69) is 11.8 Å². The number of ether oxygens (including phenoxy) is 1.